The Labute approximate surface area is 121 Å². The summed E-state index contributed by atoms with van der Waals surface area (Å²) >= 11 is 6.23. The first-order valence-electron chi connectivity index (χ1n) is 7.30. The number of hydrogen-bond acceptors (Lipinski definition) is 3. The average molecular weight is 282 g/mol. The number of nitrogens with one attached hydrogen (secondary N) is 1. The molecule has 19 heavy (non-hydrogen) atoms. The molecule has 2 atom stereocenters. The van der Waals surface area contributed by atoms with Gasteiger partial charge in [-0.25, -0.2) is 0 Å². The molecule has 0 saturated carbocycles. The summed E-state index contributed by atoms with van der Waals surface area (Å²) in [7, 11) is 0. The SMILES string of the molecule is CCCC1CNC(CC)CN1Cc1ccncc1Cl. The largest absolute Gasteiger partial charge is 0.311 e. The summed E-state index contributed by atoms with van der Waals surface area (Å²) in [5.41, 5.74) is 1.19. The summed E-state index contributed by atoms with van der Waals surface area (Å²) in [6.07, 6.45) is 7.22. The standard InChI is InChI=1S/C15H24ClN3/c1-3-5-14-8-18-13(4-2)11-19(14)10-12-6-7-17-9-15(12)16/h6-7,9,13-14,18H,3-5,8,10-11H2,1-2H3. The van der Waals surface area contributed by atoms with Gasteiger partial charge in [0.2, 0.25) is 0 Å². The Kier molecular flexibility index (Phi) is 5.61. The molecule has 1 fully saturated rings. The molecule has 1 N–H and O–H groups in total. The van der Waals surface area contributed by atoms with Crippen molar-refractivity contribution in [2.75, 3.05) is 13.1 Å². The quantitative estimate of drug-likeness (QED) is 0.899. The van der Waals surface area contributed by atoms with Crippen molar-refractivity contribution in [2.45, 2.75) is 51.7 Å². The van der Waals surface area contributed by atoms with Crippen molar-refractivity contribution in [3.05, 3.63) is 29.0 Å². The zero-order valence-corrected chi connectivity index (χ0v) is 12.7. The lowest BCUT2D eigenvalue weighted by molar-refractivity contribution is 0.113. The molecule has 1 aliphatic rings. The van der Waals surface area contributed by atoms with E-state index in [4.69, 9.17) is 11.6 Å². The summed E-state index contributed by atoms with van der Waals surface area (Å²) in [4.78, 5) is 6.64. The number of hydrogen-bond donors (Lipinski definition) is 1. The van der Waals surface area contributed by atoms with Crippen LogP contribution in [0.1, 0.15) is 38.7 Å². The van der Waals surface area contributed by atoms with Gasteiger partial charge < -0.3 is 5.32 Å². The highest BCUT2D eigenvalue weighted by Gasteiger charge is 2.26. The minimum absolute atomic E-state index is 0.605. The fraction of sp³-hybridized carbons (Fsp3) is 0.667. The van der Waals surface area contributed by atoms with E-state index in [0.717, 1.165) is 24.7 Å². The van der Waals surface area contributed by atoms with Crippen LogP contribution in [0, 0.1) is 0 Å². The predicted octanol–water partition coefficient (Wildman–Crippen LogP) is 3.09. The molecule has 2 heterocycles. The van der Waals surface area contributed by atoms with Gasteiger partial charge in [-0.1, -0.05) is 31.9 Å². The van der Waals surface area contributed by atoms with Crippen molar-refractivity contribution in [2.24, 2.45) is 0 Å². The first-order chi connectivity index (χ1) is 9.24. The molecule has 0 radical (unpaired) electrons. The maximum absolute atomic E-state index is 6.23. The van der Waals surface area contributed by atoms with Crippen molar-refractivity contribution >= 4 is 11.6 Å². The van der Waals surface area contributed by atoms with Gasteiger partial charge in [-0.3, -0.25) is 9.88 Å². The Morgan fingerprint density at radius 2 is 2.32 bits per heavy atom. The van der Waals surface area contributed by atoms with Gasteiger partial charge in [-0.15, -0.1) is 0 Å². The molecular weight excluding hydrogens is 258 g/mol. The zero-order chi connectivity index (χ0) is 13.7. The fourth-order valence-corrected chi connectivity index (χ4v) is 2.94. The van der Waals surface area contributed by atoms with Crippen molar-refractivity contribution in [3.63, 3.8) is 0 Å². The van der Waals surface area contributed by atoms with Gasteiger partial charge in [0.1, 0.15) is 0 Å². The number of pyridine rings is 1. The highest BCUT2D eigenvalue weighted by Crippen LogP contribution is 2.21. The molecule has 2 rings (SSSR count). The van der Waals surface area contributed by atoms with E-state index in [-0.39, 0.29) is 0 Å². The van der Waals surface area contributed by atoms with E-state index in [1.54, 1.807) is 6.20 Å². The molecule has 106 valence electrons. The Hall–Kier alpha value is -0.640. The molecule has 0 amide bonds. The Balaban J connectivity index is 2.07. The van der Waals surface area contributed by atoms with E-state index >= 15 is 0 Å². The molecule has 3 nitrogen and oxygen atoms in total. The Bertz CT molecular complexity index is 397. The van der Waals surface area contributed by atoms with E-state index < -0.39 is 0 Å². The van der Waals surface area contributed by atoms with Gasteiger partial charge in [-0.2, -0.15) is 0 Å². The third-order valence-electron chi connectivity index (χ3n) is 3.96. The van der Waals surface area contributed by atoms with Crippen LogP contribution in [0.5, 0.6) is 0 Å². The van der Waals surface area contributed by atoms with Crippen molar-refractivity contribution in [1.82, 2.24) is 15.2 Å². The lowest BCUT2D eigenvalue weighted by atomic mass is 10.0. The second-order valence-electron chi connectivity index (χ2n) is 5.35. The minimum Gasteiger partial charge on any atom is -0.311 e. The van der Waals surface area contributed by atoms with Gasteiger partial charge in [0.05, 0.1) is 5.02 Å². The lowest BCUT2D eigenvalue weighted by Crippen LogP contribution is -2.55. The maximum Gasteiger partial charge on any atom is 0.0634 e. The Morgan fingerprint density at radius 1 is 1.47 bits per heavy atom. The van der Waals surface area contributed by atoms with Crippen LogP contribution in [0.3, 0.4) is 0 Å². The average Bonchev–Trinajstić information content (AvgIpc) is 2.43. The second kappa shape index (κ2) is 7.22. The summed E-state index contributed by atoms with van der Waals surface area (Å²) in [6, 6.07) is 3.26. The fourth-order valence-electron chi connectivity index (χ4n) is 2.76. The van der Waals surface area contributed by atoms with E-state index in [1.165, 1.54) is 24.8 Å². The van der Waals surface area contributed by atoms with Crippen molar-refractivity contribution in [3.8, 4) is 0 Å². The predicted molar refractivity (Wildman–Crippen MR) is 80.4 cm³/mol. The third kappa shape index (κ3) is 3.91. The topological polar surface area (TPSA) is 28.2 Å². The van der Waals surface area contributed by atoms with Gasteiger partial charge in [0.15, 0.2) is 0 Å². The molecule has 0 bridgehead atoms. The molecule has 1 aromatic rings. The first-order valence-corrected chi connectivity index (χ1v) is 7.68. The molecule has 2 unspecified atom stereocenters. The van der Waals surface area contributed by atoms with Crippen LogP contribution < -0.4 is 5.32 Å². The number of piperazine rings is 1. The van der Waals surface area contributed by atoms with Gasteiger partial charge in [-0.05, 0) is 24.5 Å². The van der Waals surface area contributed by atoms with Gasteiger partial charge in [0, 0.05) is 44.1 Å². The van der Waals surface area contributed by atoms with Crippen LogP contribution in [-0.4, -0.2) is 35.1 Å². The smallest absolute Gasteiger partial charge is 0.0634 e. The highest BCUT2D eigenvalue weighted by atomic mass is 35.5. The van der Waals surface area contributed by atoms with Gasteiger partial charge in [0.25, 0.3) is 0 Å². The monoisotopic (exact) mass is 281 g/mol. The minimum atomic E-state index is 0.605. The summed E-state index contributed by atoms with van der Waals surface area (Å²) in [5, 5.41) is 4.43. The van der Waals surface area contributed by atoms with Crippen LogP contribution in [-0.2, 0) is 6.54 Å². The molecule has 4 heteroatoms. The molecule has 0 spiro atoms. The van der Waals surface area contributed by atoms with Gasteiger partial charge >= 0.3 is 0 Å². The summed E-state index contributed by atoms with van der Waals surface area (Å²) in [5.74, 6) is 0. The van der Waals surface area contributed by atoms with Crippen LogP contribution >= 0.6 is 11.6 Å². The molecule has 0 aliphatic carbocycles. The number of rotatable bonds is 5. The van der Waals surface area contributed by atoms with E-state index in [1.807, 2.05) is 12.3 Å². The number of aromatic nitrogens is 1. The molecule has 1 saturated heterocycles. The van der Waals surface area contributed by atoms with Crippen LogP contribution in [0.25, 0.3) is 0 Å². The maximum atomic E-state index is 6.23. The first kappa shape index (κ1) is 14.8. The molecular formula is C15H24ClN3. The normalized spacial score (nSPS) is 24.6. The van der Waals surface area contributed by atoms with Crippen LogP contribution in [0.15, 0.2) is 18.5 Å². The highest BCUT2D eigenvalue weighted by molar-refractivity contribution is 6.31. The number of halogens is 1. The molecule has 1 aliphatic heterocycles. The van der Waals surface area contributed by atoms with E-state index in [2.05, 4.69) is 29.0 Å². The van der Waals surface area contributed by atoms with Crippen LogP contribution in [0.2, 0.25) is 5.02 Å². The van der Waals surface area contributed by atoms with E-state index in [9.17, 15) is 0 Å². The summed E-state index contributed by atoms with van der Waals surface area (Å²) in [6.45, 7) is 7.64. The summed E-state index contributed by atoms with van der Waals surface area (Å²) < 4.78 is 0. The lowest BCUT2D eigenvalue weighted by Gasteiger charge is -2.40. The Morgan fingerprint density at radius 3 is 3.00 bits per heavy atom. The molecule has 0 aromatic carbocycles. The van der Waals surface area contributed by atoms with Crippen molar-refractivity contribution in [1.29, 1.82) is 0 Å². The second-order valence-corrected chi connectivity index (χ2v) is 5.76. The van der Waals surface area contributed by atoms with E-state index in [0.29, 0.717) is 12.1 Å². The molecule has 1 aromatic heterocycles. The van der Waals surface area contributed by atoms with Crippen molar-refractivity contribution < 1.29 is 0 Å². The third-order valence-corrected chi connectivity index (χ3v) is 4.30. The zero-order valence-electron chi connectivity index (χ0n) is 11.9. The van der Waals surface area contributed by atoms with Crippen LogP contribution in [0.4, 0.5) is 0 Å². The number of nitrogens with zero attached hydrogens (tertiary/aromatic N) is 2.